The number of aromatic hydroxyl groups is 1. The van der Waals surface area contributed by atoms with Crippen LogP contribution in [0.3, 0.4) is 0 Å². The van der Waals surface area contributed by atoms with E-state index in [-0.39, 0.29) is 17.9 Å². The number of phenols is 1. The molecule has 0 heterocycles. The topological polar surface area (TPSA) is 75.6 Å². The number of anilines is 1. The van der Waals surface area contributed by atoms with Gasteiger partial charge in [0.15, 0.2) is 6.61 Å². The van der Waals surface area contributed by atoms with Crippen molar-refractivity contribution in [2.45, 2.75) is 12.6 Å². The van der Waals surface area contributed by atoms with E-state index in [0.717, 1.165) is 6.07 Å². The molecule has 2 aromatic rings. The molecule has 0 aliphatic heterocycles. The van der Waals surface area contributed by atoms with Crippen LogP contribution in [0.15, 0.2) is 42.5 Å². The van der Waals surface area contributed by atoms with E-state index < -0.39 is 35.2 Å². The molecule has 0 aliphatic carbocycles. The van der Waals surface area contributed by atoms with Gasteiger partial charge in [-0.1, -0.05) is 23.7 Å². The van der Waals surface area contributed by atoms with Gasteiger partial charge >= 0.3 is 12.1 Å². The van der Waals surface area contributed by atoms with Gasteiger partial charge in [0.25, 0.3) is 5.91 Å². The monoisotopic (exact) mass is 387 g/mol. The lowest BCUT2D eigenvalue weighted by molar-refractivity contribution is -0.146. The van der Waals surface area contributed by atoms with Crippen molar-refractivity contribution >= 4 is 29.2 Å². The Bertz CT molecular complexity index is 807. The molecule has 1 amide bonds. The predicted molar refractivity (Wildman–Crippen MR) is 87.9 cm³/mol. The largest absolute Gasteiger partial charge is 0.508 e. The fraction of sp³-hybridized carbons (Fsp3) is 0.176. The summed E-state index contributed by atoms with van der Waals surface area (Å²) in [6.07, 6.45) is -4.78. The van der Waals surface area contributed by atoms with Crippen molar-refractivity contribution in [3.8, 4) is 5.75 Å². The molecule has 9 heteroatoms. The number of phenolic OH excluding ortho intramolecular Hbond substituents is 1. The van der Waals surface area contributed by atoms with Crippen LogP contribution in [0.5, 0.6) is 5.75 Å². The average molecular weight is 388 g/mol. The van der Waals surface area contributed by atoms with Crippen LogP contribution in [0.1, 0.15) is 11.1 Å². The smallest absolute Gasteiger partial charge is 0.417 e. The highest BCUT2D eigenvalue weighted by Gasteiger charge is 2.33. The van der Waals surface area contributed by atoms with Crippen LogP contribution in [0.4, 0.5) is 18.9 Å². The summed E-state index contributed by atoms with van der Waals surface area (Å²) in [5, 5.41) is 10.9. The van der Waals surface area contributed by atoms with Crippen molar-refractivity contribution in [1.82, 2.24) is 0 Å². The molecule has 0 saturated carbocycles. The summed E-state index contributed by atoms with van der Waals surface area (Å²) in [6.45, 7) is -0.652. The molecule has 0 atom stereocenters. The molecule has 0 unspecified atom stereocenters. The number of carbonyl (C=O) groups is 2. The maximum absolute atomic E-state index is 12.8. The molecule has 0 spiro atoms. The summed E-state index contributed by atoms with van der Waals surface area (Å²) < 4.78 is 43.1. The summed E-state index contributed by atoms with van der Waals surface area (Å²) >= 11 is 5.49. The highest BCUT2D eigenvalue weighted by Crippen LogP contribution is 2.36. The third-order valence-corrected chi connectivity index (χ3v) is 3.53. The minimum absolute atomic E-state index is 0.0442. The van der Waals surface area contributed by atoms with E-state index in [1.54, 1.807) is 0 Å². The minimum Gasteiger partial charge on any atom is -0.508 e. The zero-order valence-electron chi connectivity index (χ0n) is 13.1. The van der Waals surface area contributed by atoms with Gasteiger partial charge in [-0.3, -0.25) is 9.59 Å². The standard InChI is InChI=1S/C17H13ClF3NO4/c18-14-6-3-11(8-13(14)17(19,20)21)22-15(24)9-26-16(25)7-10-1-4-12(23)5-2-10/h1-6,8,23H,7,9H2,(H,22,24). The zero-order chi connectivity index (χ0) is 19.3. The first kappa shape index (κ1) is 19.6. The van der Waals surface area contributed by atoms with Crippen LogP contribution < -0.4 is 5.32 Å². The van der Waals surface area contributed by atoms with Crippen LogP contribution in [-0.4, -0.2) is 23.6 Å². The number of alkyl halides is 3. The van der Waals surface area contributed by atoms with Gasteiger partial charge in [-0.25, -0.2) is 0 Å². The average Bonchev–Trinajstić information content (AvgIpc) is 2.56. The first-order chi connectivity index (χ1) is 12.1. The van der Waals surface area contributed by atoms with Gasteiger partial charge in [-0.15, -0.1) is 0 Å². The van der Waals surface area contributed by atoms with Crippen molar-refractivity contribution in [3.63, 3.8) is 0 Å². The molecule has 26 heavy (non-hydrogen) atoms. The van der Waals surface area contributed by atoms with Gasteiger partial charge in [-0.05, 0) is 35.9 Å². The summed E-state index contributed by atoms with van der Waals surface area (Å²) in [4.78, 5) is 23.4. The van der Waals surface area contributed by atoms with Gasteiger partial charge in [0.2, 0.25) is 0 Å². The van der Waals surface area contributed by atoms with Gasteiger partial charge in [0.1, 0.15) is 5.75 Å². The lowest BCUT2D eigenvalue weighted by Crippen LogP contribution is -2.22. The third kappa shape index (κ3) is 5.66. The van der Waals surface area contributed by atoms with Gasteiger partial charge in [0.05, 0.1) is 17.0 Å². The SMILES string of the molecule is O=C(COC(=O)Cc1ccc(O)cc1)Nc1ccc(Cl)c(C(F)(F)F)c1. The number of amides is 1. The molecule has 2 rings (SSSR count). The van der Waals surface area contributed by atoms with Crippen LogP contribution >= 0.6 is 11.6 Å². The van der Waals surface area contributed by atoms with Crippen molar-refractivity contribution < 1.29 is 32.6 Å². The quantitative estimate of drug-likeness (QED) is 0.765. The number of ether oxygens (including phenoxy) is 1. The number of esters is 1. The number of carbonyl (C=O) groups excluding carboxylic acids is 2. The Kier molecular flexibility index (Phi) is 6.10. The molecule has 0 aromatic heterocycles. The molecule has 2 aromatic carbocycles. The van der Waals surface area contributed by atoms with Crippen LogP contribution in [-0.2, 0) is 26.9 Å². The van der Waals surface area contributed by atoms with E-state index in [2.05, 4.69) is 5.32 Å². The van der Waals surface area contributed by atoms with E-state index in [4.69, 9.17) is 21.4 Å². The first-order valence-electron chi connectivity index (χ1n) is 7.25. The van der Waals surface area contributed by atoms with Gasteiger partial charge in [-0.2, -0.15) is 13.2 Å². The molecule has 138 valence electrons. The third-order valence-electron chi connectivity index (χ3n) is 3.20. The maximum Gasteiger partial charge on any atom is 0.417 e. The molecule has 0 fully saturated rings. The summed E-state index contributed by atoms with van der Waals surface area (Å²) in [6, 6.07) is 8.73. The van der Waals surface area contributed by atoms with Crippen LogP contribution in [0.2, 0.25) is 5.02 Å². The second-order valence-electron chi connectivity index (χ2n) is 5.24. The summed E-state index contributed by atoms with van der Waals surface area (Å²) in [5.41, 5.74) is -0.636. The Balaban J connectivity index is 1.89. The van der Waals surface area contributed by atoms with E-state index in [1.165, 1.54) is 30.3 Å². The number of hydrogen-bond acceptors (Lipinski definition) is 4. The maximum atomic E-state index is 12.8. The molecular formula is C17H13ClF3NO4. The molecular weight excluding hydrogens is 375 g/mol. The highest BCUT2D eigenvalue weighted by molar-refractivity contribution is 6.31. The van der Waals surface area contributed by atoms with Crippen LogP contribution in [0, 0.1) is 0 Å². The van der Waals surface area contributed by atoms with Crippen LogP contribution in [0.25, 0.3) is 0 Å². The highest BCUT2D eigenvalue weighted by atomic mass is 35.5. The first-order valence-corrected chi connectivity index (χ1v) is 7.63. The lowest BCUT2D eigenvalue weighted by Gasteiger charge is -2.12. The fourth-order valence-corrected chi connectivity index (χ4v) is 2.22. The van der Waals surface area contributed by atoms with E-state index in [9.17, 15) is 22.8 Å². The Labute approximate surface area is 151 Å². The second kappa shape index (κ2) is 8.09. The Hall–Kier alpha value is -2.74. The minimum atomic E-state index is -4.66. The zero-order valence-corrected chi connectivity index (χ0v) is 13.9. The Morgan fingerprint density at radius 3 is 2.38 bits per heavy atom. The number of benzene rings is 2. The van der Waals surface area contributed by atoms with Crippen molar-refractivity contribution in [3.05, 3.63) is 58.6 Å². The molecule has 0 bridgehead atoms. The van der Waals surface area contributed by atoms with E-state index in [1.807, 2.05) is 0 Å². The molecule has 2 N–H and O–H groups in total. The van der Waals surface area contributed by atoms with Gasteiger partial charge in [0, 0.05) is 5.69 Å². The van der Waals surface area contributed by atoms with Crippen molar-refractivity contribution in [2.75, 3.05) is 11.9 Å². The number of nitrogens with one attached hydrogen (secondary N) is 1. The van der Waals surface area contributed by atoms with Crippen molar-refractivity contribution in [1.29, 1.82) is 0 Å². The normalized spacial score (nSPS) is 11.1. The number of rotatable bonds is 5. The Morgan fingerprint density at radius 1 is 1.12 bits per heavy atom. The summed E-state index contributed by atoms with van der Waals surface area (Å²) in [7, 11) is 0. The Morgan fingerprint density at radius 2 is 1.77 bits per heavy atom. The number of halogens is 4. The predicted octanol–water partition coefficient (Wildman–Crippen LogP) is 3.79. The summed E-state index contributed by atoms with van der Waals surface area (Å²) in [5.74, 6) is -1.44. The fourth-order valence-electron chi connectivity index (χ4n) is 1.99. The van der Waals surface area contributed by atoms with E-state index >= 15 is 0 Å². The molecule has 0 saturated heterocycles. The molecule has 5 nitrogen and oxygen atoms in total. The molecule has 0 radical (unpaired) electrons. The second-order valence-corrected chi connectivity index (χ2v) is 5.65. The number of hydrogen-bond donors (Lipinski definition) is 2. The molecule has 0 aliphatic rings. The van der Waals surface area contributed by atoms with E-state index in [0.29, 0.717) is 11.6 Å². The van der Waals surface area contributed by atoms with Gasteiger partial charge < -0.3 is 15.2 Å². The lowest BCUT2D eigenvalue weighted by atomic mass is 10.1. The van der Waals surface area contributed by atoms with Crippen molar-refractivity contribution in [2.24, 2.45) is 0 Å².